The van der Waals surface area contributed by atoms with E-state index >= 15 is 0 Å². The Hall–Kier alpha value is -1.90. The lowest BCUT2D eigenvalue weighted by molar-refractivity contribution is 0.0669. The number of nitrogens with zero attached hydrogens (tertiary/aromatic N) is 1. The van der Waals surface area contributed by atoms with Crippen LogP contribution in [0.25, 0.3) is 0 Å². The highest BCUT2D eigenvalue weighted by atomic mass is 19.1. The van der Waals surface area contributed by atoms with Crippen molar-refractivity contribution in [1.29, 1.82) is 0 Å². The number of aliphatic hydroxyl groups is 1. The highest BCUT2D eigenvalue weighted by molar-refractivity contribution is 5.96. The molecule has 4 nitrogen and oxygen atoms in total. The van der Waals surface area contributed by atoms with Crippen molar-refractivity contribution in [2.45, 2.75) is 13.8 Å². The zero-order valence-corrected chi connectivity index (χ0v) is 12.4. The summed E-state index contributed by atoms with van der Waals surface area (Å²) in [5.41, 5.74) is 0.611. The molecule has 1 aromatic rings. The molecule has 0 bridgehead atoms. The third kappa shape index (κ3) is 5.18. The smallest absolute Gasteiger partial charge is 0.255 e. The van der Waals surface area contributed by atoms with Crippen LogP contribution < -0.4 is 0 Å². The molecule has 21 heavy (non-hydrogen) atoms. The molecule has 0 aromatic heterocycles. The first-order chi connectivity index (χ1) is 10.1. The van der Waals surface area contributed by atoms with Gasteiger partial charge in [-0.2, -0.15) is 0 Å². The molecule has 0 heterocycles. The molecular formula is C16H20FNO3. The van der Waals surface area contributed by atoms with E-state index in [1.165, 1.54) is 18.2 Å². The zero-order chi connectivity index (χ0) is 15.7. The van der Waals surface area contributed by atoms with Crippen LogP contribution in [0.1, 0.15) is 29.8 Å². The minimum atomic E-state index is -0.467. The molecule has 1 aromatic carbocycles. The van der Waals surface area contributed by atoms with E-state index in [2.05, 4.69) is 11.8 Å². The fourth-order valence-corrected chi connectivity index (χ4v) is 1.83. The monoisotopic (exact) mass is 293 g/mol. The van der Waals surface area contributed by atoms with Crippen molar-refractivity contribution >= 4 is 5.91 Å². The fourth-order valence-electron chi connectivity index (χ4n) is 1.83. The summed E-state index contributed by atoms with van der Waals surface area (Å²) in [7, 11) is 0. The average molecular weight is 293 g/mol. The molecule has 0 aliphatic carbocycles. The van der Waals surface area contributed by atoms with Crippen molar-refractivity contribution in [3.8, 4) is 11.8 Å². The molecule has 114 valence electrons. The normalized spacial score (nSPS) is 9.90. The van der Waals surface area contributed by atoms with Crippen molar-refractivity contribution < 1.29 is 19.0 Å². The SMILES string of the molecule is CCOCCN(CC)C(=O)c1ccc(F)cc1C#CCO. The second-order valence-electron chi connectivity index (χ2n) is 4.23. The van der Waals surface area contributed by atoms with Gasteiger partial charge in [0.15, 0.2) is 0 Å². The van der Waals surface area contributed by atoms with Gasteiger partial charge in [-0.15, -0.1) is 0 Å². The van der Waals surface area contributed by atoms with E-state index < -0.39 is 5.82 Å². The number of rotatable bonds is 6. The first-order valence-corrected chi connectivity index (χ1v) is 6.90. The fraction of sp³-hybridized carbons (Fsp3) is 0.438. The Morgan fingerprint density at radius 3 is 2.81 bits per heavy atom. The summed E-state index contributed by atoms with van der Waals surface area (Å²) >= 11 is 0. The van der Waals surface area contributed by atoms with Gasteiger partial charge in [-0.1, -0.05) is 11.8 Å². The summed E-state index contributed by atoms with van der Waals surface area (Å²) in [5.74, 6) is 4.36. The Balaban J connectivity index is 2.98. The molecule has 0 aliphatic heterocycles. The number of ether oxygens (including phenoxy) is 1. The number of hydrogen-bond acceptors (Lipinski definition) is 3. The molecule has 0 atom stereocenters. The van der Waals surface area contributed by atoms with Crippen LogP contribution in [0.2, 0.25) is 0 Å². The van der Waals surface area contributed by atoms with Gasteiger partial charge in [0.05, 0.1) is 12.2 Å². The summed E-state index contributed by atoms with van der Waals surface area (Å²) in [6, 6.07) is 3.85. The standard InChI is InChI=1S/C16H20FNO3/c1-3-18(9-11-21-4-2)16(20)15-8-7-14(17)12-13(15)6-5-10-19/h7-8,12,19H,3-4,9-11H2,1-2H3. The van der Waals surface area contributed by atoms with Gasteiger partial charge in [-0.25, -0.2) is 4.39 Å². The van der Waals surface area contributed by atoms with Gasteiger partial charge in [0, 0.05) is 25.3 Å². The van der Waals surface area contributed by atoms with Crippen molar-refractivity contribution in [3.63, 3.8) is 0 Å². The Bertz CT molecular complexity index is 534. The molecule has 1 N–H and O–H groups in total. The highest BCUT2D eigenvalue weighted by Gasteiger charge is 2.17. The summed E-state index contributed by atoms with van der Waals surface area (Å²) in [5, 5.41) is 8.75. The van der Waals surface area contributed by atoms with Crippen LogP contribution in [0.4, 0.5) is 4.39 Å². The maximum atomic E-state index is 13.3. The second kappa shape index (κ2) is 9.11. The van der Waals surface area contributed by atoms with Crippen LogP contribution in [0.3, 0.4) is 0 Å². The number of amides is 1. The largest absolute Gasteiger partial charge is 0.384 e. The van der Waals surface area contributed by atoms with E-state index in [1.54, 1.807) is 4.90 Å². The zero-order valence-electron chi connectivity index (χ0n) is 12.4. The van der Waals surface area contributed by atoms with Crippen LogP contribution in [-0.2, 0) is 4.74 Å². The van der Waals surface area contributed by atoms with Gasteiger partial charge in [0.1, 0.15) is 12.4 Å². The molecule has 5 heteroatoms. The predicted molar refractivity (Wildman–Crippen MR) is 78.4 cm³/mol. The van der Waals surface area contributed by atoms with Crippen molar-refractivity contribution in [2.24, 2.45) is 0 Å². The molecule has 1 amide bonds. The first kappa shape index (κ1) is 17.2. The highest BCUT2D eigenvalue weighted by Crippen LogP contribution is 2.13. The van der Waals surface area contributed by atoms with Crippen molar-refractivity contribution in [1.82, 2.24) is 4.90 Å². The van der Waals surface area contributed by atoms with Gasteiger partial charge in [0.25, 0.3) is 5.91 Å². The number of aliphatic hydroxyl groups excluding tert-OH is 1. The van der Waals surface area contributed by atoms with Crippen LogP contribution in [0, 0.1) is 17.7 Å². The quantitative estimate of drug-likeness (QED) is 0.641. The van der Waals surface area contributed by atoms with Crippen molar-refractivity contribution in [2.75, 3.05) is 32.9 Å². The number of carbonyl (C=O) groups excluding carboxylic acids is 1. The Labute approximate surface area is 124 Å². The Morgan fingerprint density at radius 2 is 2.19 bits per heavy atom. The summed E-state index contributed by atoms with van der Waals surface area (Å²) < 4.78 is 18.5. The Morgan fingerprint density at radius 1 is 1.43 bits per heavy atom. The number of likely N-dealkylation sites (N-methyl/N-ethyl adjacent to an activating group) is 1. The minimum absolute atomic E-state index is 0.223. The lowest BCUT2D eigenvalue weighted by atomic mass is 10.1. The van der Waals surface area contributed by atoms with E-state index in [0.29, 0.717) is 31.9 Å². The lowest BCUT2D eigenvalue weighted by Gasteiger charge is -2.21. The number of benzene rings is 1. The number of halogens is 1. The second-order valence-corrected chi connectivity index (χ2v) is 4.23. The van der Waals surface area contributed by atoms with Crippen LogP contribution in [0.5, 0.6) is 0 Å². The number of hydrogen-bond donors (Lipinski definition) is 1. The summed E-state index contributed by atoms with van der Waals surface area (Å²) in [6.07, 6.45) is 0. The lowest BCUT2D eigenvalue weighted by Crippen LogP contribution is -2.34. The molecular weight excluding hydrogens is 273 g/mol. The third-order valence-corrected chi connectivity index (χ3v) is 2.89. The van der Waals surface area contributed by atoms with Gasteiger partial charge < -0.3 is 14.7 Å². The number of carbonyl (C=O) groups is 1. The van der Waals surface area contributed by atoms with Gasteiger partial charge in [0.2, 0.25) is 0 Å². The summed E-state index contributed by atoms with van der Waals surface area (Å²) in [4.78, 5) is 14.1. The minimum Gasteiger partial charge on any atom is -0.384 e. The first-order valence-electron chi connectivity index (χ1n) is 6.90. The maximum Gasteiger partial charge on any atom is 0.255 e. The average Bonchev–Trinajstić information content (AvgIpc) is 2.49. The van der Waals surface area contributed by atoms with E-state index in [9.17, 15) is 9.18 Å². The molecule has 0 saturated carbocycles. The van der Waals surface area contributed by atoms with Gasteiger partial charge >= 0.3 is 0 Å². The predicted octanol–water partition coefficient (Wildman–Crippen LogP) is 1.67. The van der Waals surface area contributed by atoms with Gasteiger partial charge in [-0.3, -0.25) is 4.79 Å². The van der Waals surface area contributed by atoms with Crippen molar-refractivity contribution in [3.05, 3.63) is 35.1 Å². The molecule has 0 aliphatic rings. The Kier molecular flexibility index (Phi) is 7.44. The van der Waals surface area contributed by atoms with Crippen LogP contribution in [-0.4, -0.2) is 48.8 Å². The summed E-state index contributed by atoms with van der Waals surface area (Å²) in [6.45, 7) is 5.45. The van der Waals surface area contributed by atoms with E-state index in [4.69, 9.17) is 9.84 Å². The topological polar surface area (TPSA) is 49.8 Å². The maximum absolute atomic E-state index is 13.3. The molecule has 0 unspecified atom stereocenters. The van der Waals surface area contributed by atoms with E-state index in [-0.39, 0.29) is 18.1 Å². The molecule has 0 saturated heterocycles. The van der Waals surface area contributed by atoms with E-state index in [1.807, 2.05) is 13.8 Å². The van der Waals surface area contributed by atoms with Crippen LogP contribution in [0.15, 0.2) is 18.2 Å². The van der Waals surface area contributed by atoms with Gasteiger partial charge in [-0.05, 0) is 32.0 Å². The molecule has 0 fully saturated rings. The molecule has 0 radical (unpaired) electrons. The third-order valence-electron chi connectivity index (χ3n) is 2.89. The molecule has 1 rings (SSSR count). The van der Waals surface area contributed by atoms with E-state index in [0.717, 1.165) is 0 Å². The molecule has 0 spiro atoms. The van der Waals surface area contributed by atoms with Crippen LogP contribution >= 0.6 is 0 Å².